The van der Waals surface area contributed by atoms with Crippen LogP contribution >= 0.6 is 0 Å². The molecule has 5 nitrogen and oxygen atoms in total. The van der Waals surface area contributed by atoms with Crippen LogP contribution in [0.1, 0.15) is 15.9 Å². The van der Waals surface area contributed by atoms with Gasteiger partial charge in [-0.1, -0.05) is 0 Å². The summed E-state index contributed by atoms with van der Waals surface area (Å²) in [5.74, 6) is 0.983. The normalized spacial score (nSPS) is 10.8. The number of nitrogens with zero attached hydrogens (tertiary/aromatic N) is 2. The first kappa shape index (κ1) is 19.6. The average molecular weight is 400 g/mol. The zero-order valence-corrected chi connectivity index (χ0v) is 17.5. The molecule has 0 spiro atoms. The smallest absolute Gasteiger partial charge is 0.200 e. The van der Waals surface area contributed by atoms with E-state index in [1.807, 2.05) is 86.5 Å². The van der Waals surface area contributed by atoms with Gasteiger partial charge in [-0.25, -0.2) is 0 Å². The summed E-state index contributed by atoms with van der Waals surface area (Å²) in [5, 5.41) is 0. The third-order valence-electron chi connectivity index (χ3n) is 5.11. The highest BCUT2D eigenvalue weighted by atomic mass is 16.3. The van der Waals surface area contributed by atoms with E-state index in [-0.39, 0.29) is 5.78 Å². The van der Waals surface area contributed by atoms with Crippen molar-refractivity contribution in [1.82, 2.24) is 0 Å². The van der Waals surface area contributed by atoms with Gasteiger partial charge in [0.25, 0.3) is 0 Å². The Morgan fingerprint density at radius 3 is 1.30 bits per heavy atom. The molecule has 152 valence electrons. The first-order chi connectivity index (χ1) is 14.5. The second-order valence-electron chi connectivity index (χ2n) is 7.54. The largest absolute Gasteiger partial charge is 0.464 e. The van der Waals surface area contributed by atoms with Gasteiger partial charge in [0.05, 0.1) is 23.7 Å². The average Bonchev–Trinajstić information content (AvgIpc) is 3.43. The number of ketones is 1. The van der Waals surface area contributed by atoms with Crippen LogP contribution in [0.2, 0.25) is 0 Å². The predicted molar refractivity (Wildman–Crippen MR) is 120 cm³/mol. The Morgan fingerprint density at radius 2 is 0.967 bits per heavy atom. The number of hydrogen-bond acceptors (Lipinski definition) is 5. The lowest BCUT2D eigenvalue weighted by Crippen LogP contribution is -2.08. The van der Waals surface area contributed by atoms with Crippen LogP contribution in [0.3, 0.4) is 0 Å². The number of anilines is 2. The number of furan rings is 2. The van der Waals surface area contributed by atoms with Gasteiger partial charge in [-0.2, -0.15) is 0 Å². The molecule has 0 atom stereocenters. The number of carbonyl (C=O) groups excluding carboxylic acids is 1. The maximum atomic E-state index is 13.4. The lowest BCUT2D eigenvalue weighted by molar-refractivity contribution is 0.103. The Bertz CT molecular complexity index is 1060. The predicted octanol–water partition coefficient (Wildman–Crippen LogP) is 5.57. The van der Waals surface area contributed by atoms with Crippen molar-refractivity contribution in [2.24, 2.45) is 0 Å². The van der Waals surface area contributed by atoms with Gasteiger partial charge in [0, 0.05) is 50.7 Å². The lowest BCUT2D eigenvalue weighted by atomic mass is 9.98. The van der Waals surface area contributed by atoms with Crippen LogP contribution in [0.25, 0.3) is 22.6 Å². The summed E-state index contributed by atoms with van der Waals surface area (Å²) < 4.78 is 11.4. The number of hydrogen-bond donors (Lipinski definition) is 0. The van der Waals surface area contributed by atoms with Gasteiger partial charge in [0.15, 0.2) is 0 Å². The maximum absolute atomic E-state index is 13.4. The summed E-state index contributed by atoms with van der Waals surface area (Å²) in [6, 6.07) is 19.3. The molecule has 0 unspecified atom stereocenters. The second kappa shape index (κ2) is 7.95. The lowest BCUT2D eigenvalue weighted by Gasteiger charge is -2.13. The number of rotatable bonds is 6. The molecule has 2 aromatic heterocycles. The van der Waals surface area contributed by atoms with Crippen molar-refractivity contribution in [1.29, 1.82) is 0 Å². The molecule has 0 saturated carbocycles. The van der Waals surface area contributed by atoms with Crippen LogP contribution in [-0.4, -0.2) is 34.0 Å². The summed E-state index contributed by atoms with van der Waals surface area (Å²) >= 11 is 0. The summed E-state index contributed by atoms with van der Waals surface area (Å²) in [6.07, 6.45) is 3.10. The fourth-order valence-corrected chi connectivity index (χ4v) is 3.39. The molecular formula is C25H24N2O3. The first-order valence-electron chi connectivity index (χ1n) is 9.71. The van der Waals surface area contributed by atoms with E-state index in [4.69, 9.17) is 8.83 Å². The Hall–Kier alpha value is -3.73. The molecule has 0 fully saturated rings. The van der Waals surface area contributed by atoms with E-state index in [9.17, 15) is 4.79 Å². The topological polar surface area (TPSA) is 49.8 Å². The van der Waals surface area contributed by atoms with Gasteiger partial charge in [0.2, 0.25) is 5.78 Å². The molecule has 2 aromatic carbocycles. The minimum Gasteiger partial charge on any atom is -0.464 e. The summed E-state index contributed by atoms with van der Waals surface area (Å²) in [6.45, 7) is 0. The molecule has 0 aliphatic carbocycles. The van der Waals surface area contributed by atoms with Crippen molar-refractivity contribution in [2.75, 3.05) is 38.0 Å². The van der Waals surface area contributed by atoms with Gasteiger partial charge in [0.1, 0.15) is 11.5 Å². The van der Waals surface area contributed by atoms with Gasteiger partial charge in [-0.15, -0.1) is 0 Å². The summed E-state index contributed by atoms with van der Waals surface area (Å²) in [4.78, 5) is 17.4. The standard InChI is InChI=1S/C25H24N2O3/c1-26(2)19-9-5-17(6-10-19)24-21(13-15-29-24)23(28)22-14-16-30-25(22)18-7-11-20(12-8-18)27(3)4/h5-16H,1-4H3. The summed E-state index contributed by atoms with van der Waals surface area (Å²) in [5.41, 5.74) is 4.90. The molecule has 2 heterocycles. The molecule has 4 aromatic rings. The van der Waals surface area contributed by atoms with E-state index in [2.05, 4.69) is 0 Å². The van der Waals surface area contributed by atoms with Crippen LogP contribution in [0.5, 0.6) is 0 Å². The van der Waals surface area contributed by atoms with Crippen molar-refractivity contribution in [3.05, 3.63) is 84.3 Å². The molecule has 0 N–H and O–H groups in total. The minimum absolute atomic E-state index is 0.129. The van der Waals surface area contributed by atoms with E-state index in [1.165, 1.54) is 0 Å². The summed E-state index contributed by atoms with van der Waals surface area (Å²) in [7, 11) is 7.95. The fraction of sp³-hybridized carbons (Fsp3) is 0.160. The molecule has 0 saturated heterocycles. The molecule has 30 heavy (non-hydrogen) atoms. The van der Waals surface area contributed by atoms with Crippen molar-refractivity contribution in [2.45, 2.75) is 0 Å². The molecule has 0 bridgehead atoms. The highest BCUT2D eigenvalue weighted by Gasteiger charge is 2.23. The SMILES string of the molecule is CN(C)c1ccc(-c2occc2C(=O)c2ccoc2-c2ccc(N(C)C)cc2)cc1. The van der Waals surface area contributed by atoms with E-state index in [0.717, 1.165) is 22.5 Å². The Labute approximate surface area is 176 Å². The third-order valence-corrected chi connectivity index (χ3v) is 5.11. The zero-order valence-electron chi connectivity index (χ0n) is 17.5. The van der Waals surface area contributed by atoms with E-state index < -0.39 is 0 Å². The molecular weight excluding hydrogens is 376 g/mol. The van der Waals surface area contributed by atoms with Crippen LogP contribution < -0.4 is 9.80 Å². The Morgan fingerprint density at radius 1 is 0.600 bits per heavy atom. The molecule has 0 aliphatic rings. The van der Waals surface area contributed by atoms with E-state index in [0.29, 0.717) is 22.6 Å². The van der Waals surface area contributed by atoms with E-state index >= 15 is 0 Å². The van der Waals surface area contributed by atoms with E-state index in [1.54, 1.807) is 24.7 Å². The highest BCUT2D eigenvalue weighted by molar-refractivity contribution is 6.14. The molecule has 4 rings (SSSR count). The van der Waals surface area contributed by atoms with Gasteiger partial charge >= 0.3 is 0 Å². The van der Waals surface area contributed by atoms with Gasteiger partial charge in [-0.3, -0.25) is 4.79 Å². The monoisotopic (exact) mass is 400 g/mol. The van der Waals surface area contributed by atoms with Gasteiger partial charge < -0.3 is 18.6 Å². The second-order valence-corrected chi connectivity index (χ2v) is 7.54. The minimum atomic E-state index is -0.129. The zero-order chi connectivity index (χ0) is 21.3. The van der Waals surface area contributed by atoms with Crippen molar-refractivity contribution >= 4 is 17.2 Å². The van der Waals surface area contributed by atoms with Crippen LogP contribution in [0.15, 0.2) is 82.0 Å². The van der Waals surface area contributed by atoms with Crippen LogP contribution in [0, 0.1) is 0 Å². The Balaban J connectivity index is 1.68. The molecule has 0 aliphatic heterocycles. The van der Waals surface area contributed by atoms with Crippen molar-refractivity contribution in [3.63, 3.8) is 0 Å². The van der Waals surface area contributed by atoms with Crippen LogP contribution in [0.4, 0.5) is 11.4 Å². The van der Waals surface area contributed by atoms with Crippen molar-refractivity contribution in [3.8, 4) is 22.6 Å². The number of benzene rings is 2. The number of carbonyl (C=O) groups is 1. The fourth-order valence-electron chi connectivity index (χ4n) is 3.39. The molecule has 0 radical (unpaired) electrons. The van der Waals surface area contributed by atoms with Gasteiger partial charge in [-0.05, 0) is 60.7 Å². The molecule has 0 amide bonds. The highest BCUT2D eigenvalue weighted by Crippen LogP contribution is 2.32. The molecule has 5 heteroatoms. The quantitative estimate of drug-likeness (QED) is 0.396. The maximum Gasteiger partial charge on any atom is 0.200 e. The van der Waals surface area contributed by atoms with Crippen molar-refractivity contribution < 1.29 is 13.6 Å². The van der Waals surface area contributed by atoms with Crippen LogP contribution in [-0.2, 0) is 0 Å². The Kier molecular flexibility index (Phi) is 5.19. The first-order valence-corrected chi connectivity index (χ1v) is 9.71. The third kappa shape index (κ3) is 3.62.